The van der Waals surface area contributed by atoms with Crippen LogP contribution in [0.2, 0.25) is 0 Å². The zero-order chi connectivity index (χ0) is 18.9. The van der Waals surface area contributed by atoms with E-state index in [0.29, 0.717) is 0 Å². The standard InChI is InChI=1S/C15H18O9/c1-6-12(21-8(2)17)14(23-10(4)19)15(24-11(5)20)13(7-16)22-9(3)18/h1,7,12-15H,2-5H3/t12?,13-,14-,15+/m1/s1. The summed E-state index contributed by atoms with van der Waals surface area (Å²) in [7, 11) is 0. The monoisotopic (exact) mass is 342 g/mol. The molecule has 0 aromatic carbocycles. The maximum atomic E-state index is 11.3. The van der Waals surface area contributed by atoms with Crippen molar-refractivity contribution in [2.24, 2.45) is 0 Å². The minimum Gasteiger partial charge on any atom is -0.454 e. The molecule has 0 aromatic rings. The lowest BCUT2D eigenvalue weighted by Crippen LogP contribution is -2.51. The fourth-order valence-electron chi connectivity index (χ4n) is 1.74. The Morgan fingerprint density at radius 1 is 0.792 bits per heavy atom. The summed E-state index contributed by atoms with van der Waals surface area (Å²) in [4.78, 5) is 56.1. The summed E-state index contributed by atoms with van der Waals surface area (Å²) in [6, 6.07) is 0. The Labute approximate surface area is 138 Å². The Kier molecular flexibility index (Phi) is 8.79. The van der Waals surface area contributed by atoms with Crippen LogP contribution in [0.3, 0.4) is 0 Å². The average Bonchev–Trinajstić information content (AvgIpc) is 2.45. The molecule has 0 spiro atoms. The van der Waals surface area contributed by atoms with E-state index in [-0.39, 0.29) is 6.29 Å². The molecule has 0 bridgehead atoms. The van der Waals surface area contributed by atoms with Crippen LogP contribution in [0.25, 0.3) is 0 Å². The van der Waals surface area contributed by atoms with Crippen LogP contribution >= 0.6 is 0 Å². The molecule has 24 heavy (non-hydrogen) atoms. The maximum Gasteiger partial charge on any atom is 0.304 e. The van der Waals surface area contributed by atoms with Crippen LogP contribution in [0.1, 0.15) is 27.7 Å². The molecule has 1 unspecified atom stereocenters. The molecule has 0 fully saturated rings. The zero-order valence-electron chi connectivity index (χ0n) is 13.6. The first-order chi connectivity index (χ1) is 11.1. The highest BCUT2D eigenvalue weighted by Gasteiger charge is 2.42. The van der Waals surface area contributed by atoms with Crippen molar-refractivity contribution < 1.29 is 42.9 Å². The lowest BCUT2D eigenvalue weighted by molar-refractivity contribution is -0.192. The summed E-state index contributed by atoms with van der Waals surface area (Å²) in [5, 5.41) is 0. The van der Waals surface area contributed by atoms with Gasteiger partial charge in [-0.15, -0.1) is 6.42 Å². The van der Waals surface area contributed by atoms with Crippen molar-refractivity contribution >= 4 is 30.2 Å². The van der Waals surface area contributed by atoms with Gasteiger partial charge in [0.1, 0.15) is 0 Å². The number of esters is 4. The molecule has 9 nitrogen and oxygen atoms in total. The second-order valence-electron chi connectivity index (χ2n) is 4.55. The molecule has 132 valence electrons. The fraction of sp³-hybridized carbons (Fsp3) is 0.533. The van der Waals surface area contributed by atoms with E-state index in [1.807, 2.05) is 0 Å². The zero-order valence-corrected chi connectivity index (χ0v) is 13.6. The molecule has 0 N–H and O–H groups in total. The van der Waals surface area contributed by atoms with Gasteiger partial charge in [-0.3, -0.25) is 24.0 Å². The smallest absolute Gasteiger partial charge is 0.304 e. The van der Waals surface area contributed by atoms with Gasteiger partial charge in [-0.25, -0.2) is 0 Å². The fourth-order valence-corrected chi connectivity index (χ4v) is 1.74. The first-order valence-corrected chi connectivity index (χ1v) is 6.72. The summed E-state index contributed by atoms with van der Waals surface area (Å²) in [6.45, 7) is 4.12. The van der Waals surface area contributed by atoms with E-state index in [2.05, 4.69) is 5.92 Å². The third-order valence-electron chi connectivity index (χ3n) is 2.44. The molecule has 0 amide bonds. The van der Waals surface area contributed by atoms with E-state index in [0.717, 1.165) is 27.7 Å². The van der Waals surface area contributed by atoms with E-state index in [1.54, 1.807) is 0 Å². The van der Waals surface area contributed by atoms with Gasteiger partial charge in [0.05, 0.1) is 0 Å². The van der Waals surface area contributed by atoms with Gasteiger partial charge < -0.3 is 18.9 Å². The molecule has 0 saturated carbocycles. The summed E-state index contributed by atoms with van der Waals surface area (Å²) in [5.74, 6) is -1.31. The van der Waals surface area contributed by atoms with Crippen LogP contribution in [-0.4, -0.2) is 54.6 Å². The molecule has 0 aliphatic heterocycles. The normalized spacial score (nSPS) is 14.8. The molecule has 0 heterocycles. The average molecular weight is 342 g/mol. The third-order valence-corrected chi connectivity index (χ3v) is 2.44. The molecule has 0 aliphatic rings. The lowest BCUT2D eigenvalue weighted by Gasteiger charge is -2.31. The first kappa shape index (κ1) is 21.1. The lowest BCUT2D eigenvalue weighted by atomic mass is 10.0. The minimum atomic E-state index is -1.62. The van der Waals surface area contributed by atoms with Crippen molar-refractivity contribution in [3.05, 3.63) is 0 Å². The maximum absolute atomic E-state index is 11.3. The van der Waals surface area contributed by atoms with Crippen LogP contribution in [0, 0.1) is 12.3 Å². The predicted octanol–water partition coefficient (Wildman–Crippen LogP) is -0.455. The molecule has 9 heteroatoms. The van der Waals surface area contributed by atoms with Gasteiger partial charge in [0, 0.05) is 27.7 Å². The van der Waals surface area contributed by atoms with Gasteiger partial charge >= 0.3 is 23.9 Å². The van der Waals surface area contributed by atoms with E-state index in [9.17, 15) is 24.0 Å². The van der Waals surface area contributed by atoms with Gasteiger partial charge in [0.25, 0.3) is 0 Å². The van der Waals surface area contributed by atoms with Gasteiger partial charge in [-0.05, 0) is 0 Å². The SMILES string of the molecule is C#CC(OC(C)=O)[C@@H](OC(C)=O)[C@@H](OC(C)=O)[C@@H](C=O)OC(C)=O. The predicted molar refractivity (Wildman–Crippen MR) is 77.1 cm³/mol. The van der Waals surface area contributed by atoms with E-state index in [1.165, 1.54) is 0 Å². The Bertz CT molecular complexity index is 546. The Hall–Kier alpha value is -2.89. The number of carbonyl (C=O) groups excluding carboxylic acids is 5. The minimum absolute atomic E-state index is 0.173. The van der Waals surface area contributed by atoms with E-state index >= 15 is 0 Å². The Morgan fingerprint density at radius 2 is 1.21 bits per heavy atom. The van der Waals surface area contributed by atoms with Crippen molar-refractivity contribution in [3.8, 4) is 12.3 Å². The number of hydrogen-bond donors (Lipinski definition) is 0. The molecule has 0 radical (unpaired) electrons. The van der Waals surface area contributed by atoms with Crippen molar-refractivity contribution in [1.29, 1.82) is 0 Å². The number of carbonyl (C=O) groups is 5. The van der Waals surface area contributed by atoms with E-state index < -0.39 is 48.3 Å². The third kappa shape index (κ3) is 7.40. The molecule has 0 saturated heterocycles. The number of terminal acetylenes is 1. The molecular formula is C15H18O9. The summed E-state index contributed by atoms with van der Waals surface area (Å²) in [6.07, 6.45) is -0.837. The highest BCUT2D eigenvalue weighted by molar-refractivity contribution is 5.72. The summed E-state index contributed by atoms with van der Waals surface area (Å²) < 4.78 is 19.4. The molecule has 4 atom stereocenters. The van der Waals surface area contributed by atoms with Gasteiger partial charge in [-0.1, -0.05) is 5.92 Å². The number of ether oxygens (including phenoxy) is 4. The number of rotatable bonds is 8. The largest absolute Gasteiger partial charge is 0.454 e. The van der Waals surface area contributed by atoms with Crippen molar-refractivity contribution in [1.82, 2.24) is 0 Å². The first-order valence-electron chi connectivity index (χ1n) is 6.72. The summed E-state index contributed by atoms with van der Waals surface area (Å²) in [5.41, 5.74) is 0. The van der Waals surface area contributed by atoms with Gasteiger partial charge in [0.2, 0.25) is 6.10 Å². The van der Waals surface area contributed by atoms with Crippen LogP contribution in [-0.2, 0) is 42.9 Å². The highest BCUT2D eigenvalue weighted by Crippen LogP contribution is 2.18. The highest BCUT2D eigenvalue weighted by atomic mass is 16.6. The van der Waals surface area contributed by atoms with Crippen LogP contribution in [0.4, 0.5) is 0 Å². The second-order valence-corrected chi connectivity index (χ2v) is 4.55. The van der Waals surface area contributed by atoms with Crippen LogP contribution in [0.5, 0.6) is 0 Å². The number of hydrogen-bond acceptors (Lipinski definition) is 9. The molecular weight excluding hydrogens is 324 g/mol. The van der Waals surface area contributed by atoms with Crippen LogP contribution < -0.4 is 0 Å². The van der Waals surface area contributed by atoms with Crippen molar-refractivity contribution in [3.63, 3.8) is 0 Å². The Morgan fingerprint density at radius 3 is 1.54 bits per heavy atom. The van der Waals surface area contributed by atoms with Crippen molar-refractivity contribution in [2.75, 3.05) is 0 Å². The van der Waals surface area contributed by atoms with Gasteiger partial charge in [-0.2, -0.15) is 0 Å². The second kappa shape index (κ2) is 9.99. The topological polar surface area (TPSA) is 122 Å². The molecule has 0 aliphatic carbocycles. The van der Waals surface area contributed by atoms with E-state index in [4.69, 9.17) is 25.4 Å². The Balaban J connectivity index is 5.85. The van der Waals surface area contributed by atoms with Gasteiger partial charge in [0.15, 0.2) is 24.6 Å². The van der Waals surface area contributed by atoms with Crippen LogP contribution in [0.15, 0.2) is 0 Å². The quantitative estimate of drug-likeness (QED) is 0.250. The summed E-state index contributed by atoms with van der Waals surface area (Å²) >= 11 is 0. The van der Waals surface area contributed by atoms with Crippen molar-refractivity contribution in [2.45, 2.75) is 52.1 Å². The molecule has 0 rings (SSSR count). The molecule has 0 aromatic heterocycles. The number of aldehydes is 1.